The third-order valence-electron chi connectivity index (χ3n) is 6.29. The normalized spacial score (nSPS) is 21.3. The molecule has 5 rings (SSSR count). The quantitative estimate of drug-likeness (QED) is 0.593. The predicted octanol–water partition coefficient (Wildman–Crippen LogP) is 5.05. The molecule has 2 unspecified atom stereocenters. The molecule has 0 saturated carbocycles. The molecule has 2 heterocycles. The summed E-state index contributed by atoms with van der Waals surface area (Å²) in [6, 6.07) is 17.5. The van der Waals surface area contributed by atoms with Crippen molar-refractivity contribution >= 4 is 51.8 Å². The molecule has 2 aliphatic heterocycles. The molecule has 0 spiro atoms. The van der Waals surface area contributed by atoms with Gasteiger partial charge in [-0.2, -0.15) is 5.10 Å². The summed E-state index contributed by atoms with van der Waals surface area (Å²) in [6.45, 7) is 0. The van der Waals surface area contributed by atoms with Gasteiger partial charge in [-0.05, 0) is 53.2 Å². The topological polar surface area (TPSA) is 66.3 Å². The van der Waals surface area contributed by atoms with E-state index < -0.39 is 0 Å². The number of fused-ring (bicyclic) bond motifs is 1. The summed E-state index contributed by atoms with van der Waals surface area (Å²) in [5, 5.41) is 10.7. The zero-order chi connectivity index (χ0) is 24.5. The fraction of sp³-hybridized carbons (Fsp3) is 0.185. The van der Waals surface area contributed by atoms with Gasteiger partial charge in [-0.15, -0.1) is 0 Å². The number of nitrogens with zero attached hydrogens (tertiary/aromatic N) is 3. The first-order chi connectivity index (χ1) is 17.0. The highest BCUT2D eigenvalue weighted by atomic mass is 35.5. The number of halogens is 1. The van der Waals surface area contributed by atoms with Crippen LogP contribution in [-0.4, -0.2) is 41.6 Å². The molecule has 0 saturated heterocycles. The Hall–Kier alpha value is -3.55. The number of hydrazone groups is 1. The number of aliphatic imine (C=N–C) groups is 1. The molecule has 2 aromatic carbocycles. The number of nitrogens with one attached hydrogen (secondary N) is 1. The van der Waals surface area contributed by atoms with Crippen molar-refractivity contribution in [2.45, 2.75) is 12.5 Å². The lowest BCUT2D eigenvalue weighted by Crippen LogP contribution is -2.34. The number of ether oxygens (including phenoxy) is 1. The molecule has 0 radical (unpaired) electrons. The zero-order valence-electron chi connectivity index (χ0n) is 19.2. The lowest BCUT2D eigenvalue weighted by molar-refractivity contribution is -0.113. The lowest BCUT2D eigenvalue weighted by Gasteiger charge is -2.27. The largest absolute Gasteiger partial charge is 0.497 e. The Kier molecular flexibility index (Phi) is 6.36. The number of dihydropyridines is 1. The highest BCUT2D eigenvalue weighted by Crippen LogP contribution is 2.41. The second kappa shape index (κ2) is 9.60. The van der Waals surface area contributed by atoms with Gasteiger partial charge < -0.3 is 10.1 Å². The van der Waals surface area contributed by atoms with Crippen molar-refractivity contribution in [2.75, 3.05) is 14.2 Å². The molecule has 0 fully saturated rings. The van der Waals surface area contributed by atoms with Crippen LogP contribution in [0.3, 0.4) is 0 Å². The molecule has 3 aliphatic rings. The summed E-state index contributed by atoms with van der Waals surface area (Å²) in [5.74, 6) is 0.216. The van der Waals surface area contributed by atoms with E-state index in [0.717, 1.165) is 22.4 Å². The molecule has 2 aromatic rings. The summed E-state index contributed by atoms with van der Waals surface area (Å²) >= 11 is 12.0. The van der Waals surface area contributed by atoms with E-state index in [1.165, 1.54) is 0 Å². The molecule has 1 aliphatic carbocycles. The van der Waals surface area contributed by atoms with Gasteiger partial charge in [0.25, 0.3) is 5.91 Å². The maximum Gasteiger partial charge on any atom is 0.279 e. The average Bonchev–Trinajstić information content (AvgIpc) is 3.33. The first-order valence-corrected chi connectivity index (χ1v) is 12.0. The number of thiocarbonyl (C=S) groups is 1. The van der Waals surface area contributed by atoms with E-state index in [1.54, 1.807) is 25.2 Å². The monoisotopic (exact) mass is 502 g/mol. The summed E-state index contributed by atoms with van der Waals surface area (Å²) in [5.41, 5.74) is 4.63. The number of methoxy groups -OCH3 is 1. The first kappa shape index (κ1) is 23.2. The third-order valence-corrected chi connectivity index (χ3v) is 6.93. The molecule has 8 heteroatoms. The van der Waals surface area contributed by atoms with Crippen molar-refractivity contribution in [3.8, 4) is 5.75 Å². The van der Waals surface area contributed by atoms with Gasteiger partial charge in [-0.3, -0.25) is 4.79 Å². The highest BCUT2D eigenvalue weighted by Gasteiger charge is 2.39. The van der Waals surface area contributed by atoms with Crippen LogP contribution >= 0.6 is 23.8 Å². The minimum atomic E-state index is -0.310. The van der Waals surface area contributed by atoms with Gasteiger partial charge in [-0.25, -0.2) is 10.0 Å². The molecular formula is C27H23ClN4O2S. The fourth-order valence-electron chi connectivity index (χ4n) is 4.62. The minimum absolute atomic E-state index is 0.177. The Morgan fingerprint density at radius 2 is 1.89 bits per heavy atom. The van der Waals surface area contributed by atoms with E-state index >= 15 is 0 Å². The van der Waals surface area contributed by atoms with Crippen molar-refractivity contribution in [1.82, 2.24) is 10.3 Å². The molecule has 2 atom stereocenters. The maximum atomic E-state index is 13.5. The van der Waals surface area contributed by atoms with Crippen LogP contribution in [0.15, 0.2) is 93.5 Å². The van der Waals surface area contributed by atoms with Gasteiger partial charge in [0, 0.05) is 24.4 Å². The van der Waals surface area contributed by atoms with Crippen molar-refractivity contribution in [1.29, 1.82) is 0 Å². The first-order valence-electron chi connectivity index (χ1n) is 11.2. The van der Waals surface area contributed by atoms with Crippen LogP contribution in [0.5, 0.6) is 5.75 Å². The number of carbonyl (C=O) groups is 1. The Morgan fingerprint density at radius 1 is 1.14 bits per heavy atom. The lowest BCUT2D eigenvalue weighted by atomic mass is 9.79. The van der Waals surface area contributed by atoms with Crippen LogP contribution in [0.25, 0.3) is 5.57 Å². The van der Waals surface area contributed by atoms with Crippen LogP contribution in [0.4, 0.5) is 0 Å². The summed E-state index contributed by atoms with van der Waals surface area (Å²) in [6.07, 6.45) is 6.00. The summed E-state index contributed by atoms with van der Waals surface area (Å²) < 4.78 is 5.31. The van der Waals surface area contributed by atoms with Crippen LogP contribution in [0.1, 0.15) is 23.6 Å². The van der Waals surface area contributed by atoms with Crippen LogP contribution < -0.4 is 10.1 Å². The molecule has 0 aromatic heterocycles. The molecule has 35 heavy (non-hydrogen) atoms. The molecule has 1 amide bonds. The molecule has 176 valence electrons. The molecule has 0 bridgehead atoms. The number of hydrogen-bond donors (Lipinski definition) is 1. The predicted molar refractivity (Wildman–Crippen MR) is 144 cm³/mol. The Balaban J connectivity index is 1.64. The van der Waals surface area contributed by atoms with Gasteiger partial charge in [0.05, 0.1) is 30.1 Å². The van der Waals surface area contributed by atoms with Crippen molar-refractivity contribution in [3.05, 3.63) is 94.6 Å². The number of rotatable bonds is 4. The van der Waals surface area contributed by atoms with Gasteiger partial charge in [0.15, 0.2) is 5.11 Å². The van der Waals surface area contributed by atoms with E-state index in [4.69, 9.17) is 33.7 Å². The summed E-state index contributed by atoms with van der Waals surface area (Å²) in [7, 11) is 3.40. The molecule has 6 nitrogen and oxygen atoms in total. The number of allylic oxidation sites excluding steroid dienone is 5. The number of amides is 1. The van der Waals surface area contributed by atoms with Crippen molar-refractivity contribution in [3.63, 3.8) is 0 Å². The molecular weight excluding hydrogens is 480 g/mol. The van der Waals surface area contributed by atoms with E-state index in [2.05, 4.69) is 10.3 Å². The van der Waals surface area contributed by atoms with Gasteiger partial charge in [0.2, 0.25) is 0 Å². The van der Waals surface area contributed by atoms with Crippen molar-refractivity contribution in [2.24, 2.45) is 16.0 Å². The van der Waals surface area contributed by atoms with E-state index in [0.29, 0.717) is 33.6 Å². The van der Waals surface area contributed by atoms with Gasteiger partial charge in [-0.1, -0.05) is 60.1 Å². The van der Waals surface area contributed by atoms with Crippen LogP contribution in [0, 0.1) is 5.92 Å². The second-order valence-corrected chi connectivity index (χ2v) is 9.12. The van der Waals surface area contributed by atoms with Gasteiger partial charge in [0.1, 0.15) is 5.75 Å². The van der Waals surface area contributed by atoms with Crippen LogP contribution in [0.2, 0.25) is 0 Å². The van der Waals surface area contributed by atoms with E-state index in [-0.39, 0.29) is 17.9 Å². The Labute approximate surface area is 214 Å². The smallest absolute Gasteiger partial charge is 0.279 e. The van der Waals surface area contributed by atoms with E-state index in [1.807, 2.05) is 66.7 Å². The number of carbonyl (C=O) groups excluding carboxylic acids is 1. The highest BCUT2D eigenvalue weighted by molar-refractivity contribution is 7.80. The van der Waals surface area contributed by atoms with Crippen LogP contribution in [-0.2, 0) is 4.79 Å². The maximum absolute atomic E-state index is 13.5. The SMILES string of the molecule is CNC(=S)N1N=C(C2=C(c3ccccc3)C3C=C(Cl)C=CC3=NC2=O)CC1c1ccc(OC)cc1. The number of benzene rings is 2. The van der Waals surface area contributed by atoms with Gasteiger partial charge >= 0.3 is 0 Å². The van der Waals surface area contributed by atoms with Crippen molar-refractivity contribution < 1.29 is 9.53 Å². The fourth-order valence-corrected chi connectivity index (χ4v) is 4.98. The Bertz CT molecular complexity index is 1340. The second-order valence-electron chi connectivity index (χ2n) is 8.30. The molecule has 1 N–H and O–H groups in total. The van der Waals surface area contributed by atoms with E-state index in [9.17, 15) is 4.79 Å². The average molecular weight is 503 g/mol. The standard InChI is InChI=1S/C27H23ClN4O2S/c1-29-27(35)32-23(16-8-11-19(34-2)12-9-16)15-22(31-32)25-24(17-6-4-3-5-7-17)20-14-18(28)10-13-21(20)30-26(25)33/h3-14,20,23H,15H2,1-2H3,(H,29,35). The third kappa shape index (κ3) is 4.33. The summed E-state index contributed by atoms with van der Waals surface area (Å²) in [4.78, 5) is 17.9. The zero-order valence-corrected chi connectivity index (χ0v) is 20.8. The number of hydrogen-bond acceptors (Lipinski definition) is 4. The minimum Gasteiger partial charge on any atom is -0.497 e. The Morgan fingerprint density at radius 3 is 2.57 bits per heavy atom.